The molecule has 3 aromatic rings. The maximum Gasteiger partial charge on any atom is 0.416 e. The molecule has 162 valence electrons. The van der Waals surface area contributed by atoms with Gasteiger partial charge in [0.05, 0.1) is 5.56 Å². The van der Waals surface area contributed by atoms with Gasteiger partial charge in [-0.15, -0.1) is 0 Å². The molecule has 4 rings (SSSR count). The number of halogens is 3. The minimum Gasteiger partial charge on any atom is -0.366 e. The molecular weight excluding hydrogens is 403 g/mol. The van der Waals surface area contributed by atoms with Crippen molar-refractivity contribution in [2.75, 3.05) is 36.4 Å². The highest BCUT2D eigenvalue weighted by Crippen LogP contribution is 2.29. The standard InChI is InChI=1S/C23H24F3N5/c24-23(25,26)20-8-6-19(7-9-20)17-30-12-14-31(15-13-30)22-27-11-10-21(29-22)28-16-18-4-2-1-3-5-18/h1-11H,12-17H2,(H,27,28,29). The lowest BCUT2D eigenvalue weighted by Gasteiger charge is -2.34. The Morgan fingerprint density at radius 1 is 0.839 bits per heavy atom. The first kappa shape index (κ1) is 21.1. The lowest BCUT2D eigenvalue weighted by Crippen LogP contribution is -2.46. The molecule has 0 atom stereocenters. The van der Waals surface area contributed by atoms with Crippen molar-refractivity contribution in [2.45, 2.75) is 19.3 Å². The van der Waals surface area contributed by atoms with E-state index in [9.17, 15) is 13.2 Å². The summed E-state index contributed by atoms with van der Waals surface area (Å²) in [5.74, 6) is 1.47. The fourth-order valence-electron chi connectivity index (χ4n) is 3.55. The Balaban J connectivity index is 1.29. The lowest BCUT2D eigenvalue weighted by molar-refractivity contribution is -0.137. The molecule has 0 bridgehead atoms. The zero-order valence-electron chi connectivity index (χ0n) is 17.0. The van der Waals surface area contributed by atoms with Crippen LogP contribution in [0.15, 0.2) is 66.9 Å². The Bertz CT molecular complexity index is 969. The molecule has 1 fully saturated rings. The normalized spacial score (nSPS) is 15.1. The van der Waals surface area contributed by atoms with Crippen LogP contribution in [0.4, 0.5) is 24.9 Å². The minimum absolute atomic E-state index is 0.612. The topological polar surface area (TPSA) is 44.3 Å². The second-order valence-electron chi connectivity index (χ2n) is 7.54. The largest absolute Gasteiger partial charge is 0.416 e. The lowest BCUT2D eigenvalue weighted by atomic mass is 10.1. The van der Waals surface area contributed by atoms with Gasteiger partial charge in [0.25, 0.3) is 0 Å². The number of rotatable bonds is 6. The Hall–Kier alpha value is -3.13. The number of hydrogen-bond donors (Lipinski definition) is 1. The quantitative estimate of drug-likeness (QED) is 0.631. The van der Waals surface area contributed by atoms with Crippen LogP contribution in [0.25, 0.3) is 0 Å². The molecule has 1 aliphatic rings. The van der Waals surface area contributed by atoms with Crippen LogP contribution in [0.5, 0.6) is 0 Å². The van der Waals surface area contributed by atoms with E-state index in [0.717, 1.165) is 49.7 Å². The third-order valence-corrected chi connectivity index (χ3v) is 5.30. The Labute approximate surface area is 179 Å². The maximum absolute atomic E-state index is 12.7. The van der Waals surface area contributed by atoms with Crippen LogP contribution in [0.1, 0.15) is 16.7 Å². The summed E-state index contributed by atoms with van der Waals surface area (Å²) in [5.41, 5.74) is 1.45. The first-order chi connectivity index (χ1) is 15.0. The highest BCUT2D eigenvalue weighted by atomic mass is 19.4. The van der Waals surface area contributed by atoms with Gasteiger partial charge in [-0.1, -0.05) is 42.5 Å². The number of benzene rings is 2. The third kappa shape index (κ3) is 5.73. The number of alkyl halides is 3. The van der Waals surface area contributed by atoms with E-state index < -0.39 is 11.7 Å². The molecule has 1 aromatic heterocycles. The van der Waals surface area contributed by atoms with E-state index in [1.165, 1.54) is 5.56 Å². The maximum atomic E-state index is 12.7. The molecule has 1 aliphatic heterocycles. The molecule has 1 N–H and O–H groups in total. The van der Waals surface area contributed by atoms with Crippen LogP contribution in [0, 0.1) is 0 Å². The van der Waals surface area contributed by atoms with Crippen molar-refractivity contribution in [3.05, 3.63) is 83.6 Å². The molecule has 0 radical (unpaired) electrons. The van der Waals surface area contributed by atoms with E-state index in [1.54, 1.807) is 18.3 Å². The van der Waals surface area contributed by atoms with Crippen molar-refractivity contribution in [1.82, 2.24) is 14.9 Å². The van der Waals surface area contributed by atoms with Gasteiger partial charge in [-0.2, -0.15) is 18.2 Å². The summed E-state index contributed by atoms with van der Waals surface area (Å²) in [6.45, 7) is 4.45. The van der Waals surface area contributed by atoms with E-state index in [4.69, 9.17) is 0 Å². The van der Waals surface area contributed by atoms with Crippen LogP contribution in [-0.2, 0) is 19.3 Å². The molecule has 0 aliphatic carbocycles. The van der Waals surface area contributed by atoms with Gasteiger partial charge in [0.15, 0.2) is 0 Å². The van der Waals surface area contributed by atoms with Gasteiger partial charge < -0.3 is 10.2 Å². The van der Waals surface area contributed by atoms with E-state index in [-0.39, 0.29) is 0 Å². The van der Waals surface area contributed by atoms with Gasteiger partial charge in [0.1, 0.15) is 5.82 Å². The summed E-state index contributed by atoms with van der Waals surface area (Å²) in [4.78, 5) is 13.4. The summed E-state index contributed by atoms with van der Waals surface area (Å²) in [6.07, 6.45) is -2.54. The first-order valence-electron chi connectivity index (χ1n) is 10.2. The van der Waals surface area contributed by atoms with Gasteiger partial charge in [-0.3, -0.25) is 4.90 Å². The van der Waals surface area contributed by atoms with Crippen molar-refractivity contribution in [3.63, 3.8) is 0 Å². The molecule has 2 heterocycles. The molecule has 0 saturated carbocycles. The summed E-state index contributed by atoms with van der Waals surface area (Å²) < 4.78 is 38.1. The fraction of sp³-hybridized carbons (Fsp3) is 0.304. The van der Waals surface area contributed by atoms with Crippen molar-refractivity contribution in [2.24, 2.45) is 0 Å². The second kappa shape index (κ2) is 9.34. The summed E-state index contributed by atoms with van der Waals surface area (Å²) in [5, 5.41) is 3.33. The van der Waals surface area contributed by atoms with Crippen molar-refractivity contribution in [1.29, 1.82) is 0 Å². The van der Waals surface area contributed by atoms with Crippen LogP contribution in [0.2, 0.25) is 0 Å². The SMILES string of the molecule is FC(F)(F)c1ccc(CN2CCN(c3nccc(NCc4ccccc4)n3)CC2)cc1. The zero-order valence-corrected chi connectivity index (χ0v) is 17.0. The van der Waals surface area contributed by atoms with Gasteiger partial charge in [-0.25, -0.2) is 4.98 Å². The van der Waals surface area contributed by atoms with E-state index in [2.05, 4.69) is 37.2 Å². The Morgan fingerprint density at radius 3 is 2.23 bits per heavy atom. The van der Waals surface area contributed by atoms with E-state index >= 15 is 0 Å². The van der Waals surface area contributed by atoms with Crippen LogP contribution < -0.4 is 10.2 Å². The number of nitrogens with one attached hydrogen (secondary N) is 1. The number of anilines is 2. The van der Waals surface area contributed by atoms with Crippen LogP contribution >= 0.6 is 0 Å². The number of hydrogen-bond acceptors (Lipinski definition) is 5. The molecule has 1 saturated heterocycles. The predicted octanol–water partition coefficient (Wildman–Crippen LogP) is 4.43. The summed E-state index contributed by atoms with van der Waals surface area (Å²) >= 11 is 0. The van der Waals surface area contributed by atoms with Crippen LogP contribution in [-0.4, -0.2) is 41.0 Å². The van der Waals surface area contributed by atoms with Gasteiger partial charge in [0, 0.05) is 45.5 Å². The minimum atomic E-state index is -4.30. The molecule has 8 heteroatoms. The molecule has 5 nitrogen and oxygen atoms in total. The zero-order chi connectivity index (χ0) is 21.7. The van der Waals surface area contributed by atoms with Gasteiger partial charge in [-0.05, 0) is 29.3 Å². The third-order valence-electron chi connectivity index (χ3n) is 5.30. The highest BCUT2D eigenvalue weighted by Gasteiger charge is 2.30. The molecular formula is C23H24F3N5. The summed E-state index contributed by atoms with van der Waals surface area (Å²) in [7, 11) is 0. The highest BCUT2D eigenvalue weighted by molar-refractivity contribution is 5.42. The molecule has 0 spiro atoms. The smallest absolute Gasteiger partial charge is 0.366 e. The fourth-order valence-corrected chi connectivity index (χ4v) is 3.55. The van der Waals surface area contributed by atoms with Crippen LogP contribution in [0.3, 0.4) is 0 Å². The van der Waals surface area contributed by atoms with Gasteiger partial charge in [0.2, 0.25) is 5.95 Å². The average Bonchev–Trinajstić information content (AvgIpc) is 2.79. The predicted molar refractivity (Wildman–Crippen MR) is 115 cm³/mol. The molecule has 2 aromatic carbocycles. The molecule has 0 unspecified atom stereocenters. The Morgan fingerprint density at radius 2 is 1.55 bits per heavy atom. The summed E-state index contributed by atoms with van der Waals surface area (Å²) in [6, 6.07) is 17.4. The van der Waals surface area contributed by atoms with Crippen molar-refractivity contribution >= 4 is 11.8 Å². The van der Waals surface area contributed by atoms with E-state index in [0.29, 0.717) is 19.0 Å². The van der Waals surface area contributed by atoms with Gasteiger partial charge >= 0.3 is 6.18 Å². The Kier molecular flexibility index (Phi) is 6.36. The first-order valence-corrected chi connectivity index (χ1v) is 10.2. The van der Waals surface area contributed by atoms with Crippen molar-refractivity contribution < 1.29 is 13.2 Å². The average molecular weight is 427 g/mol. The van der Waals surface area contributed by atoms with E-state index in [1.807, 2.05) is 24.3 Å². The van der Waals surface area contributed by atoms with Crippen molar-refractivity contribution in [3.8, 4) is 0 Å². The second-order valence-corrected chi connectivity index (χ2v) is 7.54. The number of aromatic nitrogens is 2. The molecule has 31 heavy (non-hydrogen) atoms. The number of nitrogens with zero attached hydrogens (tertiary/aromatic N) is 4. The molecule has 0 amide bonds. The monoisotopic (exact) mass is 427 g/mol. The number of piperazine rings is 1.